The molecule has 0 aliphatic carbocycles. The molecule has 0 unspecified atom stereocenters. The lowest BCUT2D eigenvalue weighted by Gasteiger charge is -2.33. The van der Waals surface area contributed by atoms with Crippen molar-refractivity contribution in [3.63, 3.8) is 0 Å². The van der Waals surface area contributed by atoms with E-state index in [4.69, 9.17) is 21.1 Å². The molecule has 0 N–H and O–H groups in total. The highest BCUT2D eigenvalue weighted by Gasteiger charge is 2.29. The number of piperidine rings is 1. The van der Waals surface area contributed by atoms with Crippen LogP contribution in [0.25, 0.3) is 11.0 Å². The summed E-state index contributed by atoms with van der Waals surface area (Å²) in [6.07, 6.45) is 3.80. The van der Waals surface area contributed by atoms with Crippen LogP contribution in [0.1, 0.15) is 39.7 Å². The van der Waals surface area contributed by atoms with E-state index in [9.17, 15) is 13.2 Å². The molecule has 1 amide bonds. The third-order valence-corrected chi connectivity index (χ3v) is 6.62. The van der Waals surface area contributed by atoms with Crippen molar-refractivity contribution < 1.29 is 22.7 Å². The molecule has 2 aromatic heterocycles. The minimum atomic E-state index is -3.31. The predicted molar refractivity (Wildman–Crippen MR) is 126 cm³/mol. The number of ether oxygens (including phenoxy) is 2. The van der Waals surface area contributed by atoms with Gasteiger partial charge in [0, 0.05) is 19.3 Å². The van der Waals surface area contributed by atoms with Crippen LogP contribution in [0, 0.1) is 0 Å². The first-order chi connectivity index (χ1) is 15.9. The molecule has 0 atom stereocenters. The van der Waals surface area contributed by atoms with Crippen LogP contribution in [0.2, 0.25) is 5.28 Å². The number of sulfone groups is 1. The Kier molecular flexibility index (Phi) is 6.43. The van der Waals surface area contributed by atoms with Gasteiger partial charge in [-0.3, -0.25) is 0 Å². The number of fused-ring (bicyclic) bond motifs is 1. The lowest BCUT2D eigenvalue weighted by molar-refractivity contribution is 0.0186. The van der Waals surface area contributed by atoms with Crippen molar-refractivity contribution in [2.75, 3.05) is 19.3 Å². The number of halogens is 1. The van der Waals surface area contributed by atoms with E-state index in [2.05, 4.69) is 15.1 Å². The average molecular weight is 508 g/mol. The first kappa shape index (κ1) is 24.2. The summed E-state index contributed by atoms with van der Waals surface area (Å²) in [6, 6.07) is 6.05. The van der Waals surface area contributed by atoms with E-state index in [1.54, 1.807) is 27.9 Å². The molecular weight excluding hydrogens is 482 g/mol. The zero-order valence-corrected chi connectivity index (χ0v) is 20.9. The van der Waals surface area contributed by atoms with Crippen molar-refractivity contribution in [3.05, 3.63) is 35.7 Å². The molecule has 1 aliphatic rings. The highest BCUT2D eigenvalue weighted by molar-refractivity contribution is 7.90. The maximum absolute atomic E-state index is 12.4. The number of hydrogen-bond acceptors (Lipinski definition) is 8. The normalized spacial score (nSPS) is 15.5. The molecule has 0 radical (unpaired) electrons. The molecule has 3 heterocycles. The predicted octanol–water partition coefficient (Wildman–Crippen LogP) is 4.25. The second kappa shape index (κ2) is 9.03. The molecule has 12 heteroatoms. The van der Waals surface area contributed by atoms with Gasteiger partial charge in [0.1, 0.15) is 16.7 Å². The number of carbonyl (C=O) groups excluding carboxylic acids is 1. The van der Waals surface area contributed by atoms with E-state index < -0.39 is 15.4 Å². The molecule has 0 bridgehead atoms. The Morgan fingerprint density at radius 3 is 2.35 bits per heavy atom. The minimum absolute atomic E-state index is 0.00296. The van der Waals surface area contributed by atoms with Gasteiger partial charge in [-0.05, 0) is 69.5 Å². The van der Waals surface area contributed by atoms with Crippen LogP contribution < -0.4 is 4.74 Å². The Balaban J connectivity index is 1.53. The molecule has 10 nitrogen and oxygen atoms in total. The fraction of sp³-hybridized carbons (Fsp3) is 0.455. The van der Waals surface area contributed by atoms with Gasteiger partial charge in [0.25, 0.3) is 0 Å². The Labute approximate surface area is 202 Å². The van der Waals surface area contributed by atoms with Crippen molar-refractivity contribution >= 4 is 38.6 Å². The van der Waals surface area contributed by atoms with Crippen LogP contribution in [0.3, 0.4) is 0 Å². The van der Waals surface area contributed by atoms with Crippen molar-refractivity contribution in [2.45, 2.75) is 50.2 Å². The second-order valence-electron chi connectivity index (χ2n) is 9.17. The number of aromatic nitrogens is 4. The zero-order valence-electron chi connectivity index (χ0n) is 19.4. The Hall–Kier alpha value is -2.92. The summed E-state index contributed by atoms with van der Waals surface area (Å²) in [5.41, 5.74) is -0.0140. The van der Waals surface area contributed by atoms with Gasteiger partial charge in [-0.15, -0.1) is 0 Å². The van der Waals surface area contributed by atoms with Gasteiger partial charge in [-0.25, -0.2) is 17.9 Å². The van der Waals surface area contributed by atoms with Gasteiger partial charge in [0.05, 0.1) is 17.1 Å². The first-order valence-electron chi connectivity index (χ1n) is 10.8. The Morgan fingerprint density at radius 1 is 1.12 bits per heavy atom. The van der Waals surface area contributed by atoms with Gasteiger partial charge >= 0.3 is 6.09 Å². The summed E-state index contributed by atoms with van der Waals surface area (Å²) in [4.78, 5) is 22.8. The number of likely N-dealkylation sites (tertiary alicyclic amines) is 1. The summed E-state index contributed by atoms with van der Waals surface area (Å²) >= 11 is 6.18. The van der Waals surface area contributed by atoms with Crippen LogP contribution >= 0.6 is 11.6 Å². The molecule has 0 spiro atoms. The Bertz CT molecular complexity index is 1310. The summed E-state index contributed by atoms with van der Waals surface area (Å²) in [5, 5.41) is 5.08. The number of carbonyl (C=O) groups is 1. The van der Waals surface area contributed by atoms with Crippen molar-refractivity contribution in [3.8, 4) is 11.6 Å². The lowest BCUT2D eigenvalue weighted by atomic mass is 10.1. The molecule has 1 aromatic carbocycles. The van der Waals surface area contributed by atoms with Gasteiger partial charge < -0.3 is 14.4 Å². The summed E-state index contributed by atoms with van der Waals surface area (Å²) in [7, 11) is -3.31. The van der Waals surface area contributed by atoms with Crippen LogP contribution in [0.15, 0.2) is 35.4 Å². The lowest BCUT2D eigenvalue weighted by Crippen LogP contribution is -2.42. The number of nitrogens with zero attached hydrogens (tertiary/aromatic N) is 5. The average Bonchev–Trinajstić information content (AvgIpc) is 3.16. The smallest absolute Gasteiger partial charge is 0.410 e. The molecule has 1 fully saturated rings. The standard InChI is InChI=1S/C22H26ClN5O5S/c1-22(2,3)33-21(29)27-11-9-14(10-12-27)28-18-17(13-24-28)19(26-20(23)25-18)32-15-5-7-16(8-6-15)34(4,30)31/h5-8,13-14H,9-12H2,1-4H3. The molecule has 3 aromatic rings. The molecule has 34 heavy (non-hydrogen) atoms. The molecule has 182 valence electrons. The zero-order chi connectivity index (χ0) is 24.7. The first-order valence-corrected chi connectivity index (χ1v) is 13.0. The number of amides is 1. The second-order valence-corrected chi connectivity index (χ2v) is 11.5. The molecule has 0 saturated carbocycles. The monoisotopic (exact) mass is 507 g/mol. The van der Waals surface area contributed by atoms with Crippen LogP contribution in [-0.4, -0.2) is 64.1 Å². The number of benzene rings is 1. The summed E-state index contributed by atoms with van der Waals surface area (Å²) in [5.74, 6) is 0.626. The van der Waals surface area contributed by atoms with E-state index in [-0.39, 0.29) is 28.2 Å². The highest BCUT2D eigenvalue weighted by atomic mass is 35.5. The summed E-state index contributed by atoms with van der Waals surface area (Å²) < 4.78 is 36.5. The maximum atomic E-state index is 12.4. The third kappa shape index (κ3) is 5.41. The minimum Gasteiger partial charge on any atom is -0.444 e. The van der Waals surface area contributed by atoms with Crippen molar-refractivity contribution in [2.24, 2.45) is 0 Å². The molecule has 1 aliphatic heterocycles. The van der Waals surface area contributed by atoms with Crippen LogP contribution in [0.5, 0.6) is 11.6 Å². The topological polar surface area (TPSA) is 117 Å². The highest BCUT2D eigenvalue weighted by Crippen LogP contribution is 2.32. The number of hydrogen-bond donors (Lipinski definition) is 0. The van der Waals surface area contributed by atoms with Gasteiger partial charge in [0.2, 0.25) is 11.2 Å². The van der Waals surface area contributed by atoms with E-state index in [0.29, 0.717) is 42.7 Å². The van der Waals surface area contributed by atoms with E-state index in [1.807, 2.05) is 20.8 Å². The molecule has 1 saturated heterocycles. The quantitative estimate of drug-likeness (QED) is 0.481. The van der Waals surface area contributed by atoms with Crippen LogP contribution in [-0.2, 0) is 14.6 Å². The van der Waals surface area contributed by atoms with E-state index in [1.165, 1.54) is 12.1 Å². The Morgan fingerprint density at radius 2 is 1.76 bits per heavy atom. The van der Waals surface area contributed by atoms with Gasteiger partial charge in [-0.2, -0.15) is 15.1 Å². The molecule has 4 rings (SSSR count). The maximum Gasteiger partial charge on any atom is 0.410 e. The van der Waals surface area contributed by atoms with Gasteiger partial charge in [-0.1, -0.05) is 0 Å². The third-order valence-electron chi connectivity index (χ3n) is 5.32. The summed E-state index contributed by atoms with van der Waals surface area (Å²) in [6.45, 7) is 6.61. The SMILES string of the molecule is CC(C)(C)OC(=O)N1CCC(n2ncc3c(Oc4ccc(S(C)(=O)=O)cc4)nc(Cl)nc32)CC1. The van der Waals surface area contributed by atoms with E-state index >= 15 is 0 Å². The fourth-order valence-corrected chi connectivity index (χ4v) is 4.49. The van der Waals surface area contributed by atoms with Crippen molar-refractivity contribution in [1.29, 1.82) is 0 Å². The molecular formula is C22H26ClN5O5S. The fourth-order valence-electron chi connectivity index (χ4n) is 3.71. The van der Waals surface area contributed by atoms with E-state index in [0.717, 1.165) is 6.26 Å². The largest absolute Gasteiger partial charge is 0.444 e. The van der Waals surface area contributed by atoms with Crippen LogP contribution in [0.4, 0.5) is 4.79 Å². The number of rotatable bonds is 4. The van der Waals surface area contributed by atoms with Crippen molar-refractivity contribution in [1.82, 2.24) is 24.6 Å². The van der Waals surface area contributed by atoms with Gasteiger partial charge in [0.15, 0.2) is 15.5 Å².